The number of nitrogen functional groups attached to an aromatic ring is 1. The van der Waals surface area contributed by atoms with Gasteiger partial charge in [0.05, 0.1) is 4.92 Å². The molecule has 0 spiro atoms. The van der Waals surface area contributed by atoms with Gasteiger partial charge in [0.1, 0.15) is 5.69 Å². The number of anilines is 1. The molecule has 1 aliphatic rings. The highest BCUT2D eigenvalue weighted by Crippen LogP contribution is 2.24. The third-order valence-corrected chi connectivity index (χ3v) is 3.38. The van der Waals surface area contributed by atoms with Gasteiger partial charge >= 0.3 is 0 Å². The number of carbonyl (C=O) groups excluding carboxylic acids is 1. The summed E-state index contributed by atoms with van der Waals surface area (Å²) < 4.78 is 0. The predicted molar refractivity (Wildman–Crippen MR) is 77.8 cm³/mol. The molecule has 1 aromatic rings. The summed E-state index contributed by atoms with van der Waals surface area (Å²) in [6.07, 6.45) is 0.874. The minimum Gasteiger partial charge on any atom is -0.393 e. The summed E-state index contributed by atoms with van der Waals surface area (Å²) in [4.78, 5) is 24.1. The third kappa shape index (κ3) is 3.17. The van der Waals surface area contributed by atoms with Crippen LogP contribution in [0.25, 0.3) is 0 Å². The Morgan fingerprint density at radius 2 is 2.20 bits per heavy atom. The summed E-state index contributed by atoms with van der Waals surface area (Å²) in [7, 11) is 0. The lowest BCUT2D eigenvalue weighted by Gasteiger charge is -2.16. The Morgan fingerprint density at radius 1 is 1.50 bits per heavy atom. The fourth-order valence-electron chi connectivity index (χ4n) is 2.23. The van der Waals surface area contributed by atoms with Crippen LogP contribution in [0.1, 0.15) is 16.8 Å². The molecule has 0 aliphatic carbocycles. The quantitative estimate of drug-likeness (QED) is 0.491. The summed E-state index contributed by atoms with van der Waals surface area (Å²) in [5, 5.41) is 10.8. The number of nitrogens with two attached hydrogens (primary N) is 2. The van der Waals surface area contributed by atoms with E-state index in [9.17, 15) is 14.9 Å². The van der Waals surface area contributed by atoms with Gasteiger partial charge in [-0.2, -0.15) is 0 Å². The van der Waals surface area contributed by atoms with Crippen LogP contribution in [0, 0.1) is 16.0 Å². The van der Waals surface area contributed by atoms with Gasteiger partial charge in [0.25, 0.3) is 11.6 Å². The Labute approximate surface area is 122 Å². The second kappa shape index (κ2) is 6.53. The van der Waals surface area contributed by atoms with Crippen LogP contribution in [0.5, 0.6) is 0 Å². The Kier molecular flexibility index (Phi) is 5.29. The molecule has 1 amide bonds. The van der Waals surface area contributed by atoms with E-state index < -0.39 is 4.92 Å². The minimum atomic E-state index is -0.585. The standard InChI is InChI=1S/C12H16N4O3.ClH/c13-6-8-3-4-15(7-8)12(17)9-1-2-10(14)11(5-9)16(18)19;/h1-2,5,8H,3-4,6-7,13-14H2;1H. The second-order valence-corrected chi connectivity index (χ2v) is 4.67. The van der Waals surface area contributed by atoms with Crippen molar-refractivity contribution in [3.8, 4) is 0 Å². The fraction of sp³-hybridized carbons (Fsp3) is 0.417. The van der Waals surface area contributed by atoms with E-state index in [4.69, 9.17) is 11.5 Å². The van der Waals surface area contributed by atoms with Crippen LogP contribution < -0.4 is 11.5 Å². The van der Waals surface area contributed by atoms with Crippen LogP contribution >= 0.6 is 12.4 Å². The van der Waals surface area contributed by atoms with E-state index in [2.05, 4.69) is 0 Å². The average molecular weight is 301 g/mol. The number of nitro benzene ring substituents is 1. The summed E-state index contributed by atoms with van der Waals surface area (Å²) in [6.45, 7) is 1.79. The lowest BCUT2D eigenvalue weighted by Crippen LogP contribution is -2.29. The van der Waals surface area contributed by atoms with Crippen molar-refractivity contribution >= 4 is 29.7 Å². The van der Waals surface area contributed by atoms with E-state index in [0.717, 1.165) is 6.42 Å². The van der Waals surface area contributed by atoms with Crippen molar-refractivity contribution in [2.24, 2.45) is 11.7 Å². The molecule has 0 radical (unpaired) electrons. The smallest absolute Gasteiger partial charge is 0.292 e. The number of likely N-dealkylation sites (tertiary alicyclic amines) is 1. The summed E-state index contributed by atoms with van der Waals surface area (Å²) in [5.74, 6) is 0.103. The van der Waals surface area contributed by atoms with Crippen molar-refractivity contribution < 1.29 is 9.72 Å². The molecule has 1 aromatic carbocycles. The number of hydrogen-bond acceptors (Lipinski definition) is 5. The van der Waals surface area contributed by atoms with Gasteiger partial charge in [-0.3, -0.25) is 14.9 Å². The lowest BCUT2D eigenvalue weighted by molar-refractivity contribution is -0.383. The molecule has 1 atom stereocenters. The number of hydrogen-bond donors (Lipinski definition) is 2. The van der Waals surface area contributed by atoms with Crippen molar-refractivity contribution in [1.82, 2.24) is 4.90 Å². The molecule has 1 saturated heterocycles. The third-order valence-electron chi connectivity index (χ3n) is 3.38. The van der Waals surface area contributed by atoms with Gasteiger partial charge in [-0.05, 0) is 31.0 Å². The van der Waals surface area contributed by atoms with E-state index >= 15 is 0 Å². The molecule has 1 fully saturated rings. The number of rotatable bonds is 3. The first kappa shape index (κ1) is 16.2. The van der Waals surface area contributed by atoms with Gasteiger partial charge in [0.15, 0.2) is 0 Å². The SMILES string of the molecule is Cl.NCC1CCN(C(=O)c2ccc(N)c([N+](=O)[O-])c2)C1. The molecule has 1 heterocycles. The maximum Gasteiger partial charge on any atom is 0.292 e. The average Bonchev–Trinajstić information content (AvgIpc) is 2.87. The van der Waals surface area contributed by atoms with Crippen LogP contribution in [0.4, 0.5) is 11.4 Å². The lowest BCUT2D eigenvalue weighted by atomic mass is 10.1. The summed E-state index contributed by atoms with van der Waals surface area (Å²) in [6, 6.07) is 4.13. The van der Waals surface area contributed by atoms with E-state index in [1.165, 1.54) is 18.2 Å². The molecule has 8 heteroatoms. The molecule has 0 aromatic heterocycles. The van der Waals surface area contributed by atoms with E-state index in [1.54, 1.807) is 4.90 Å². The van der Waals surface area contributed by atoms with Crippen molar-refractivity contribution in [1.29, 1.82) is 0 Å². The fourth-order valence-corrected chi connectivity index (χ4v) is 2.23. The molecule has 7 nitrogen and oxygen atoms in total. The van der Waals surface area contributed by atoms with Crippen molar-refractivity contribution in [2.45, 2.75) is 6.42 Å². The molecule has 0 saturated carbocycles. The van der Waals surface area contributed by atoms with Crippen LogP contribution in [-0.2, 0) is 0 Å². The highest BCUT2D eigenvalue weighted by molar-refractivity contribution is 5.95. The van der Waals surface area contributed by atoms with Crippen LogP contribution in [0.3, 0.4) is 0 Å². The molecule has 20 heavy (non-hydrogen) atoms. The molecule has 2 rings (SSSR count). The minimum absolute atomic E-state index is 0. The maximum absolute atomic E-state index is 12.2. The van der Waals surface area contributed by atoms with Crippen LogP contribution in [0.2, 0.25) is 0 Å². The highest BCUT2D eigenvalue weighted by Gasteiger charge is 2.27. The van der Waals surface area contributed by atoms with Crippen LogP contribution in [0.15, 0.2) is 18.2 Å². The first-order valence-corrected chi connectivity index (χ1v) is 6.06. The Bertz CT molecular complexity index is 523. The normalized spacial score (nSPS) is 17.6. The Balaban J connectivity index is 0.00000200. The van der Waals surface area contributed by atoms with Gasteiger partial charge in [-0.15, -0.1) is 12.4 Å². The number of nitrogens with zero attached hydrogens (tertiary/aromatic N) is 2. The summed E-state index contributed by atoms with van der Waals surface area (Å²) in [5.41, 5.74) is 11.2. The van der Waals surface area contributed by atoms with Crippen molar-refractivity contribution in [3.05, 3.63) is 33.9 Å². The molecule has 1 unspecified atom stereocenters. The maximum atomic E-state index is 12.2. The zero-order valence-corrected chi connectivity index (χ0v) is 11.6. The summed E-state index contributed by atoms with van der Waals surface area (Å²) >= 11 is 0. The molecular weight excluding hydrogens is 284 g/mol. The Hall–Kier alpha value is -1.86. The van der Waals surface area contributed by atoms with Gasteiger partial charge in [0.2, 0.25) is 0 Å². The number of benzene rings is 1. The molecular formula is C12H17ClN4O3. The Morgan fingerprint density at radius 3 is 2.75 bits per heavy atom. The monoisotopic (exact) mass is 300 g/mol. The molecule has 1 aliphatic heterocycles. The van der Waals surface area contributed by atoms with Gasteiger partial charge < -0.3 is 16.4 Å². The van der Waals surface area contributed by atoms with E-state index in [0.29, 0.717) is 31.1 Å². The molecule has 0 bridgehead atoms. The number of amides is 1. The van der Waals surface area contributed by atoms with Gasteiger partial charge in [-0.25, -0.2) is 0 Å². The zero-order valence-electron chi connectivity index (χ0n) is 10.8. The molecule has 110 valence electrons. The van der Waals surface area contributed by atoms with E-state index in [-0.39, 0.29) is 29.7 Å². The van der Waals surface area contributed by atoms with Crippen LogP contribution in [-0.4, -0.2) is 35.4 Å². The number of nitro groups is 1. The number of carbonyl (C=O) groups is 1. The number of halogens is 1. The van der Waals surface area contributed by atoms with Gasteiger partial charge in [-0.1, -0.05) is 0 Å². The zero-order chi connectivity index (χ0) is 14.0. The first-order chi connectivity index (χ1) is 9.02. The first-order valence-electron chi connectivity index (χ1n) is 6.06. The second-order valence-electron chi connectivity index (χ2n) is 4.67. The molecule has 4 N–H and O–H groups in total. The predicted octanol–water partition coefficient (Wildman–Crippen LogP) is 1.02. The van der Waals surface area contributed by atoms with Crippen molar-refractivity contribution in [3.63, 3.8) is 0 Å². The largest absolute Gasteiger partial charge is 0.393 e. The topological polar surface area (TPSA) is 115 Å². The van der Waals surface area contributed by atoms with Gasteiger partial charge in [0, 0.05) is 24.7 Å². The highest BCUT2D eigenvalue weighted by atomic mass is 35.5. The van der Waals surface area contributed by atoms with Crippen molar-refractivity contribution in [2.75, 3.05) is 25.4 Å². The van der Waals surface area contributed by atoms with E-state index in [1.807, 2.05) is 0 Å².